The van der Waals surface area contributed by atoms with E-state index in [2.05, 4.69) is 11.9 Å². The zero-order valence-electron chi connectivity index (χ0n) is 11.2. The second-order valence-electron chi connectivity index (χ2n) is 5.22. The third kappa shape index (κ3) is 4.56. The summed E-state index contributed by atoms with van der Waals surface area (Å²) >= 11 is 0. The van der Waals surface area contributed by atoms with Crippen LogP contribution in [0.3, 0.4) is 0 Å². The number of ether oxygens (including phenoxy) is 1. The molecule has 0 bridgehead atoms. The third-order valence-electron chi connectivity index (χ3n) is 2.21. The maximum atomic E-state index is 11.7. The van der Waals surface area contributed by atoms with Gasteiger partial charge in [-0.1, -0.05) is 20.4 Å². The topological polar surface area (TPSA) is 81.4 Å². The highest BCUT2D eigenvalue weighted by atomic mass is 16.6. The molecule has 0 saturated carbocycles. The van der Waals surface area contributed by atoms with Gasteiger partial charge in [0, 0.05) is 0 Å². The number of nitrogens with one attached hydrogen (secondary N) is 1. The number of alkyl carbamates (subject to hydrolysis) is 1. The van der Waals surface area contributed by atoms with Crippen LogP contribution in [0, 0.1) is 5.92 Å². The molecule has 17 heavy (non-hydrogen) atoms. The Morgan fingerprint density at radius 2 is 1.82 bits per heavy atom. The summed E-state index contributed by atoms with van der Waals surface area (Å²) in [7, 11) is 0. The Morgan fingerprint density at radius 1 is 1.35 bits per heavy atom. The first-order valence-corrected chi connectivity index (χ1v) is 5.50. The fraction of sp³-hybridized carbons (Fsp3) is 0.667. The van der Waals surface area contributed by atoms with Crippen molar-refractivity contribution in [2.45, 2.75) is 45.9 Å². The van der Waals surface area contributed by atoms with Crippen LogP contribution in [0.4, 0.5) is 4.79 Å². The van der Waals surface area contributed by atoms with Gasteiger partial charge in [0.15, 0.2) is 11.4 Å². The average Bonchev–Trinajstić information content (AvgIpc) is 2.12. The van der Waals surface area contributed by atoms with Crippen LogP contribution in [0.25, 0.3) is 0 Å². The van der Waals surface area contributed by atoms with Crippen molar-refractivity contribution in [3.63, 3.8) is 0 Å². The predicted molar refractivity (Wildman–Crippen MR) is 66.3 cm³/mol. The molecule has 5 nitrogen and oxygen atoms in total. The molecule has 3 N–H and O–H groups in total. The van der Waals surface area contributed by atoms with Gasteiger partial charge in [0.2, 0.25) is 0 Å². The molecule has 0 aromatic rings. The Labute approximate surface area is 102 Å². The summed E-state index contributed by atoms with van der Waals surface area (Å²) < 4.78 is 5.06. The molecule has 0 aromatic carbocycles. The van der Waals surface area contributed by atoms with Crippen molar-refractivity contribution in [1.29, 1.82) is 0 Å². The van der Waals surface area contributed by atoms with E-state index in [1.165, 1.54) is 0 Å². The number of ketones is 1. The van der Waals surface area contributed by atoms with Crippen LogP contribution in [0.2, 0.25) is 0 Å². The summed E-state index contributed by atoms with van der Waals surface area (Å²) in [5, 5.41) is 2.40. The lowest BCUT2D eigenvalue weighted by atomic mass is 9.92. The average molecular weight is 242 g/mol. The summed E-state index contributed by atoms with van der Waals surface area (Å²) in [5.41, 5.74) is 3.76. The number of carbonyl (C=O) groups excluding carboxylic acids is 2. The van der Waals surface area contributed by atoms with Gasteiger partial charge in [-0.3, -0.25) is 10.1 Å². The van der Waals surface area contributed by atoms with Gasteiger partial charge < -0.3 is 10.5 Å². The van der Waals surface area contributed by atoms with E-state index >= 15 is 0 Å². The minimum Gasteiger partial charge on any atom is -0.444 e. The monoisotopic (exact) mass is 242 g/mol. The van der Waals surface area contributed by atoms with E-state index < -0.39 is 23.1 Å². The van der Waals surface area contributed by atoms with Crippen LogP contribution in [0.15, 0.2) is 12.7 Å². The maximum Gasteiger partial charge on any atom is 0.409 e. The van der Waals surface area contributed by atoms with E-state index in [9.17, 15) is 9.59 Å². The summed E-state index contributed by atoms with van der Waals surface area (Å²) in [6, 6.07) is 0. The smallest absolute Gasteiger partial charge is 0.409 e. The van der Waals surface area contributed by atoms with Crippen molar-refractivity contribution in [3.05, 3.63) is 12.7 Å². The summed E-state index contributed by atoms with van der Waals surface area (Å²) in [5.74, 6) is -0.723. The largest absolute Gasteiger partial charge is 0.444 e. The van der Waals surface area contributed by atoms with Gasteiger partial charge >= 0.3 is 6.09 Å². The van der Waals surface area contributed by atoms with E-state index in [-0.39, 0.29) is 5.92 Å². The van der Waals surface area contributed by atoms with Gasteiger partial charge in [-0.25, -0.2) is 4.79 Å². The minimum absolute atomic E-state index is 0.277. The van der Waals surface area contributed by atoms with Crippen LogP contribution in [0.5, 0.6) is 0 Å². The number of rotatable bonds is 4. The van der Waals surface area contributed by atoms with Crippen LogP contribution < -0.4 is 11.1 Å². The fourth-order valence-electron chi connectivity index (χ4n) is 1.13. The fourth-order valence-corrected chi connectivity index (χ4v) is 1.13. The number of hydrogen-bond donors (Lipinski definition) is 2. The Hall–Kier alpha value is -1.36. The molecule has 5 heteroatoms. The first kappa shape index (κ1) is 15.6. The quantitative estimate of drug-likeness (QED) is 0.579. The molecule has 0 aliphatic rings. The molecule has 0 aliphatic carbocycles. The number of amides is 1. The molecule has 0 aliphatic heterocycles. The van der Waals surface area contributed by atoms with Gasteiger partial charge in [0.25, 0.3) is 0 Å². The van der Waals surface area contributed by atoms with Crippen LogP contribution in [-0.2, 0) is 9.53 Å². The molecule has 0 radical (unpaired) electrons. The van der Waals surface area contributed by atoms with Crippen molar-refractivity contribution in [1.82, 2.24) is 5.32 Å². The second kappa shape index (κ2) is 5.31. The van der Waals surface area contributed by atoms with Crippen molar-refractivity contribution < 1.29 is 14.3 Å². The Bertz CT molecular complexity index is 318. The summed E-state index contributed by atoms with van der Waals surface area (Å²) in [4.78, 5) is 23.3. The number of hydrogen-bond acceptors (Lipinski definition) is 4. The normalized spacial score (nSPS) is 15.0. The molecule has 0 rings (SSSR count). The number of carbonyl (C=O) groups is 2. The van der Waals surface area contributed by atoms with E-state index in [1.54, 1.807) is 34.6 Å². The van der Waals surface area contributed by atoms with Crippen molar-refractivity contribution >= 4 is 11.9 Å². The first-order chi connectivity index (χ1) is 7.53. The molecule has 0 heterocycles. The zero-order valence-corrected chi connectivity index (χ0v) is 11.2. The molecule has 0 spiro atoms. The van der Waals surface area contributed by atoms with Gasteiger partial charge in [0.1, 0.15) is 5.60 Å². The highest BCUT2D eigenvalue weighted by Crippen LogP contribution is 2.14. The maximum absolute atomic E-state index is 11.7. The van der Waals surface area contributed by atoms with Gasteiger partial charge in [-0.05, 0) is 32.8 Å². The number of nitrogens with two attached hydrogens (primary N) is 1. The molecule has 1 amide bonds. The molecular formula is C12H22N2O3. The second-order valence-corrected chi connectivity index (χ2v) is 5.22. The Kier molecular flexibility index (Phi) is 4.89. The van der Waals surface area contributed by atoms with Gasteiger partial charge in [-0.2, -0.15) is 0 Å². The molecular weight excluding hydrogens is 220 g/mol. The van der Waals surface area contributed by atoms with E-state index in [1.807, 2.05) is 0 Å². The molecule has 0 saturated heterocycles. The van der Waals surface area contributed by atoms with Crippen molar-refractivity contribution in [3.8, 4) is 0 Å². The van der Waals surface area contributed by atoms with Crippen LogP contribution >= 0.6 is 0 Å². The predicted octanol–water partition coefficient (Wildman–Crippen LogP) is 1.58. The Balaban J connectivity index is 4.85. The first-order valence-electron chi connectivity index (χ1n) is 5.50. The van der Waals surface area contributed by atoms with Gasteiger partial charge in [-0.15, -0.1) is 0 Å². The SMILES string of the molecule is C=CC(=O)C(N)(NC(=O)OC(C)(C)C)C(C)C. The molecule has 0 aromatic heterocycles. The van der Waals surface area contributed by atoms with E-state index in [0.717, 1.165) is 6.08 Å². The standard InChI is InChI=1S/C12H22N2O3/c1-7-9(15)12(13,8(2)3)14-10(16)17-11(4,5)6/h7-8H,1,13H2,2-6H3,(H,14,16). The highest BCUT2D eigenvalue weighted by Gasteiger charge is 2.38. The molecule has 1 unspecified atom stereocenters. The van der Waals surface area contributed by atoms with Crippen LogP contribution in [-0.4, -0.2) is 23.1 Å². The van der Waals surface area contributed by atoms with Crippen molar-refractivity contribution in [2.24, 2.45) is 11.7 Å². The zero-order chi connectivity index (χ0) is 13.9. The lowest BCUT2D eigenvalue weighted by Gasteiger charge is -2.32. The molecule has 1 atom stereocenters. The van der Waals surface area contributed by atoms with E-state index in [4.69, 9.17) is 10.5 Å². The third-order valence-corrected chi connectivity index (χ3v) is 2.21. The lowest BCUT2D eigenvalue weighted by Crippen LogP contribution is -2.64. The van der Waals surface area contributed by atoms with Crippen molar-refractivity contribution in [2.75, 3.05) is 0 Å². The van der Waals surface area contributed by atoms with Gasteiger partial charge in [0.05, 0.1) is 0 Å². The molecule has 98 valence electrons. The highest BCUT2D eigenvalue weighted by molar-refractivity contribution is 5.99. The minimum atomic E-state index is -1.48. The lowest BCUT2D eigenvalue weighted by molar-refractivity contribution is -0.122. The summed E-state index contributed by atoms with van der Waals surface area (Å²) in [6.07, 6.45) is 0.376. The summed E-state index contributed by atoms with van der Waals surface area (Å²) in [6.45, 7) is 12.0. The van der Waals surface area contributed by atoms with E-state index in [0.29, 0.717) is 0 Å². The Morgan fingerprint density at radius 3 is 2.12 bits per heavy atom. The molecule has 0 fully saturated rings. The van der Waals surface area contributed by atoms with Crippen LogP contribution in [0.1, 0.15) is 34.6 Å².